The molecule has 2 nitrogen and oxygen atoms in total. The lowest BCUT2D eigenvalue weighted by Gasteiger charge is -2.12. The van der Waals surface area contributed by atoms with Crippen LogP contribution < -0.4 is 10.1 Å². The van der Waals surface area contributed by atoms with Crippen molar-refractivity contribution in [2.45, 2.75) is 5.92 Å². The highest BCUT2D eigenvalue weighted by atomic mass is 16.5. The summed E-state index contributed by atoms with van der Waals surface area (Å²) < 4.78 is 5.44. The summed E-state index contributed by atoms with van der Waals surface area (Å²) in [6, 6.07) is 18.6. The van der Waals surface area contributed by atoms with E-state index in [0.717, 1.165) is 12.3 Å². The van der Waals surface area contributed by atoms with E-state index >= 15 is 0 Å². The Morgan fingerprint density at radius 3 is 2.53 bits per heavy atom. The summed E-state index contributed by atoms with van der Waals surface area (Å²) in [5.41, 5.74) is 3.68. The summed E-state index contributed by atoms with van der Waals surface area (Å²) in [6.45, 7) is 0.921. The first kappa shape index (κ1) is 11.8. The standard InChI is InChI=1S/C17H17NO/c1-19-17-10-6-5-9-15(17)14-11-16(18-12-14)13-7-3-2-4-8-13/h2-11,14,18H,12H2,1H3. The normalized spacial score (nSPS) is 17.7. The molecule has 2 aromatic rings. The van der Waals surface area contributed by atoms with E-state index in [0.29, 0.717) is 5.92 Å². The molecular formula is C17H17NO. The Morgan fingerprint density at radius 1 is 1.00 bits per heavy atom. The van der Waals surface area contributed by atoms with Gasteiger partial charge in [0, 0.05) is 23.7 Å². The molecule has 0 fully saturated rings. The van der Waals surface area contributed by atoms with E-state index in [2.05, 4.69) is 47.8 Å². The first-order chi connectivity index (χ1) is 9.38. The Morgan fingerprint density at radius 2 is 1.74 bits per heavy atom. The maximum atomic E-state index is 5.44. The van der Waals surface area contributed by atoms with Crippen molar-refractivity contribution in [1.82, 2.24) is 5.32 Å². The summed E-state index contributed by atoms with van der Waals surface area (Å²) in [7, 11) is 1.73. The third-order valence-electron chi connectivity index (χ3n) is 3.50. The van der Waals surface area contributed by atoms with Crippen LogP contribution in [-0.2, 0) is 0 Å². The average Bonchev–Trinajstić information content (AvgIpc) is 2.98. The number of ether oxygens (including phenoxy) is 1. The SMILES string of the molecule is COc1ccccc1C1C=C(c2ccccc2)NC1. The fraction of sp³-hybridized carbons (Fsp3) is 0.176. The molecule has 1 aliphatic heterocycles. The van der Waals surface area contributed by atoms with Crippen LogP contribution in [0.4, 0.5) is 0 Å². The van der Waals surface area contributed by atoms with E-state index in [1.165, 1.54) is 16.8 Å². The molecular weight excluding hydrogens is 234 g/mol. The van der Waals surface area contributed by atoms with E-state index in [4.69, 9.17) is 4.74 Å². The molecule has 0 spiro atoms. The molecule has 2 aromatic carbocycles. The van der Waals surface area contributed by atoms with E-state index in [-0.39, 0.29) is 0 Å². The molecule has 1 heterocycles. The highest BCUT2D eigenvalue weighted by Crippen LogP contribution is 2.32. The molecule has 1 N–H and O–H groups in total. The lowest BCUT2D eigenvalue weighted by atomic mass is 9.98. The first-order valence-electron chi connectivity index (χ1n) is 6.52. The van der Waals surface area contributed by atoms with Crippen LogP contribution >= 0.6 is 0 Å². The Kier molecular flexibility index (Phi) is 3.23. The smallest absolute Gasteiger partial charge is 0.122 e. The van der Waals surface area contributed by atoms with Crippen LogP contribution in [-0.4, -0.2) is 13.7 Å². The Labute approximate surface area is 113 Å². The lowest BCUT2D eigenvalue weighted by molar-refractivity contribution is 0.408. The number of benzene rings is 2. The van der Waals surface area contributed by atoms with Crippen LogP contribution in [0.1, 0.15) is 17.0 Å². The van der Waals surface area contributed by atoms with Crippen LogP contribution in [0.15, 0.2) is 60.7 Å². The van der Waals surface area contributed by atoms with Crippen LogP contribution in [0.25, 0.3) is 5.70 Å². The minimum Gasteiger partial charge on any atom is -0.496 e. The third-order valence-corrected chi connectivity index (χ3v) is 3.50. The van der Waals surface area contributed by atoms with E-state index in [1.807, 2.05) is 18.2 Å². The van der Waals surface area contributed by atoms with Crippen molar-refractivity contribution >= 4 is 5.70 Å². The van der Waals surface area contributed by atoms with Gasteiger partial charge in [-0.15, -0.1) is 0 Å². The summed E-state index contributed by atoms with van der Waals surface area (Å²) in [5.74, 6) is 1.33. The summed E-state index contributed by atoms with van der Waals surface area (Å²) in [4.78, 5) is 0. The Bertz CT molecular complexity index is 589. The molecule has 0 saturated heterocycles. The van der Waals surface area contributed by atoms with Crippen molar-refractivity contribution in [2.75, 3.05) is 13.7 Å². The van der Waals surface area contributed by atoms with Crippen molar-refractivity contribution in [3.8, 4) is 5.75 Å². The number of rotatable bonds is 3. The second kappa shape index (κ2) is 5.19. The van der Waals surface area contributed by atoms with Gasteiger partial charge in [0.25, 0.3) is 0 Å². The first-order valence-corrected chi connectivity index (χ1v) is 6.52. The fourth-order valence-electron chi connectivity index (χ4n) is 2.53. The number of hydrogen-bond donors (Lipinski definition) is 1. The van der Waals surface area contributed by atoms with Gasteiger partial charge in [0.15, 0.2) is 0 Å². The van der Waals surface area contributed by atoms with Crippen molar-refractivity contribution < 1.29 is 4.74 Å². The monoisotopic (exact) mass is 251 g/mol. The zero-order valence-electron chi connectivity index (χ0n) is 11.0. The van der Waals surface area contributed by atoms with Gasteiger partial charge in [-0.25, -0.2) is 0 Å². The number of nitrogens with one attached hydrogen (secondary N) is 1. The second-order valence-electron chi connectivity index (χ2n) is 4.68. The molecule has 1 atom stereocenters. The van der Waals surface area contributed by atoms with Crippen LogP contribution in [0.3, 0.4) is 0 Å². The van der Waals surface area contributed by atoms with Crippen molar-refractivity contribution in [1.29, 1.82) is 0 Å². The molecule has 1 aliphatic rings. The second-order valence-corrected chi connectivity index (χ2v) is 4.68. The van der Waals surface area contributed by atoms with Gasteiger partial charge in [0.1, 0.15) is 5.75 Å². The van der Waals surface area contributed by atoms with Gasteiger partial charge in [-0.1, -0.05) is 54.6 Å². The van der Waals surface area contributed by atoms with Crippen LogP contribution in [0, 0.1) is 0 Å². The number of para-hydroxylation sites is 1. The number of hydrogen-bond acceptors (Lipinski definition) is 2. The minimum absolute atomic E-state index is 0.367. The van der Waals surface area contributed by atoms with Gasteiger partial charge >= 0.3 is 0 Å². The summed E-state index contributed by atoms with van der Waals surface area (Å²) in [5, 5.41) is 3.48. The molecule has 2 heteroatoms. The van der Waals surface area contributed by atoms with E-state index < -0.39 is 0 Å². The summed E-state index contributed by atoms with van der Waals surface area (Å²) >= 11 is 0. The molecule has 0 saturated carbocycles. The van der Waals surface area contributed by atoms with E-state index in [9.17, 15) is 0 Å². The van der Waals surface area contributed by atoms with Gasteiger partial charge in [0.2, 0.25) is 0 Å². The zero-order chi connectivity index (χ0) is 13.1. The highest BCUT2D eigenvalue weighted by molar-refractivity contribution is 5.67. The average molecular weight is 251 g/mol. The van der Waals surface area contributed by atoms with Crippen molar-refractivity contribution in [3.05, 3.63) is 71.8 Å². The van der Waals surface area contributed by atoms with Gasteiger partial charge < -0.3 is 10.1 Å². The molecule has 96 valence electrons. The van der Waals surface area contributed by atoms with Gasteiger partial charge in [-0.05, 0) is 11.6 Å². The molecule has 1 unspecified atom stereocenters. The molecule has 0 radical (unpaired) electrons. The predicted octanol–water partition coefficient (Wildman–Crippen LogP) is 3.42. The fourth-order valence-corrected chi connectivity index (χ4v) is 2.53. The molecule has 0 aromatic heterocycles. The van der Waals surface area contributed by atoms with Gasteiger partial charge in [-0.2, -0.15) is 0 Å². The quantitative estimate of drug-likeness (QED) is 0.902. The van der Waals surface area contributed by atoms with Crippen LogP contribution in [0.2, 0.25) is 0 Å². The zero-order valence-corrected chi connectivity index (χ0v) is 11.0. The topological polar surface area (TPSA) is 21.3 Å². The minimum atomic E-state index is 0.367. The Balaban J connectivity index is 1.91. The third kappa shape index (κ3) is 2.34. The molecule has 19 heavy (non-hydrogen) atoms. The highest BCUT2D eigenvalue weighted by Gasteiger charge is 2.20. The predicted molar refractivity (Wildman–Crippen MR) is 78.2 cm³/mol. The molecule has 0 aliphatic carbocycles. The molecule has 0 amide bonds. The van der Waals surface area contributed by atoms with Gasteiger partial charge in [0.05, 0.1) is 7.11 Å². The maximum Gasteiger partial charge on any atom is 0.122 e. The van der Waals surface area contributed by atoms with Gasteiger partial charge in [-0.3, -0.25) is 0 Å². The van der Waals surface area contributed by atoms with Crippen molar-refractivity contribution in [3.63, 3.8) is 0 Å². The van der Waals surface area contributed by atoms with Crippen molar-refractivity contribution in [2.24, 2.45) is 0 Å². The Hall–Kier alpha value is -2.22. The maximum absolute atomic E-state index is 5.44. The largest absolute Gasteiger partial charge is 0.496 e. The summed E-state index contributed by atoms with van der Waals surface area (Å²) in [6.07, 6.45) is 2.28. The van der Waals surface area contributed by atoms with Crippen LogP contribution in [0.5, 0.6) is 5.75 Å². The lowest BCUT2D eigenvalue weighted by Crippen LogP contribution is -2.11. The van der Waals surface area contributed by atoms with E-state index in [1.54, 1.807) is 7.11 Å². The number of methoxy groups -OCH3 is 1. The molecule has 0 bridgehead atoms. The molecule has 3 rings (SSSR count).